The number of aliphatic hydroxyl groups is 1. The van der Waals surface area contributed by atoms with Crippen molar-refractivity contribution in [2.24, 2.45) is 5.73 Å². The van der Waals surface area contributed by atoms with Crippen LogP contribution in [0.25, 0.3) is 0 Å². The smallest absolute Gasteiger partial charge is 0.260 e. The number of amides is 1. The fraction of sp³-hybridized carbons (Fsp3) is 0.533. The number of rotatable bonds is 4. The fourth-order valence-corrected chi connectivity index (χ4v) is 2.25. The highest BCUT2D eigenvalue weighted by molar-refractivity contribution is 5.77. The molecule has 20 heavy (non-hydrogen) atoms. The normalized spacial score (nSPS) is 17.9. The van der Waals surface area contributed by atoms with Crippen molar-refractivity contribution in [1.29, 1.82) is 0 Å². The van der Waals surface area contributed by atoms with Gasteiger partial charge in [0.15, 0.2) is 6.61 Å². The highest BCUT2D eigenvalue weighted by Crippen LogP contribution is 2.21. The van der Waals surface area contributed by atoms with Gasteiger partial charge in [0.25, 0.3) is 5.91 Å². The lowest BCUT2D eigenvalue weighted by Gasteiger charge is -2.37. The van der Waals surface area contributed by atoms with Gasteiger partial charge in [0.2, 0.25) is 0 Å². The summed E-state index contributed by atoms with van der Waals surface area (Å²) in [5, 5.41) is 10.0. The molecule has 0 atom stereocenters. The quantitative estimate of drug-likeness (QED) is 0.849. The Morgan fingerprint density at radius 2 is 1.95 bits per heavy atom. The first-order valence-electron chi connectivity index (χ1n) is 6.92. The van der Waals surface area contributed by atoms with Crippen molar-refractivity contribution in [3.8, 4) is 5.75 Å². The molecule has 1 heterocycles. The molecule has 1 aliphatic heterocycles. The van der Waals surface area contributed by atoms with Gasteiger partial charge in [0.05, 0.1) is 5.60 Å². The lowest BCUT2D eigenvalue weighted by Crippen LogP contribution is -2.51. The van der Waals surface area contributed by atoms with Crippen molar-refractivity contribution >= 4 is 5.91 Å². The topological polar surface area (TPSA) is 75.8 Å². The monoisotopic (exact) mass is 278 g/mol. The van der Waals surface area contributed by atoms with Crippen molar-refractivity contribution in [3.63, 3.8) is 0 Å². The zero-order valence-electron chi connectivity index (χ0n) is 11.8. The van der Waals surface area contributed by atoms with E-state index in [1.807, 2.05) is 31.2 Å². The summed E-state index contributed by atoms with van der Waals surface area (Å²) in [6, 6.07) is 7.60. The number of ether oxygens (including phenoxy) is 1. The van der Waals surface area contributed by atoms with Crippen molar-refractivity contribution in [2.75, 3.05) is 26.2 Å². The molecule has 0 bridgehead atoms. The molecule has 1 aliphatic rings. The van der Waals surface area contributed by atoms with Gasteiger partial charge in [-0.05, 0) is 31.9 Å². The van der Waals surface area contributed by atoms with Crippen LogP contribution in [0.5, 0.6) is 5.75 Å². The first-order valence-corrected chi connectivity index (χ1v) is 6.92. The maximum Gasteiger partial charge on any atom is 0.260 e. The Bertz CT molecular complexity index is 451. The van der Waals surface area contributed by atoms with Crippen LogP contribution in [0.2, 0.25) is 0 Å². The third kappa shape index (κ3) is 3.71. The van der Waals surface area contributed by atoms with Gasteiger partial charge >= 0.3 is 0 Å². The zero-order valence-corrected chi connectivity index (χ0v) is 11.8. The van der Waals surface area contributed by atoms with E-state index in [0.717, 1.165) is 5.56 Å². The highest BCUT2D eigenvalue weighted by Gasteiger charge is 2.32. The zero-order chi connectivity index (χ0) is 14.6. The Labute approximate surface area is 119 Å². The largest absolute Gasteiger partial charge is 0.484 e. The summed E-state index contributed by atoms with van der Waals surface area (Å²) in [5.74, 6) is 0.643. The molecule has 0 radical (unpaired) electrons. The molecule has 0 spiro atoms. The summed E-state index contributed by atoms with van der Waals surface area (Å²) in [6.45, 7) is 3.34. The van der Waals surface area contributed by atoms with Gasteiger partial charge in [-0.1, -0.05) is 17.7 Å². The minimum Gasteiger partial charge on any atom is -0.484 e. The molecule has 0 saturated carbocycles. The molecule has 110 valence electrons. The van der Waals surface area contributed by atoms with Crippen LogP contribution in [0.3, 0.4) is 0 Å². The number of likely N-dealkylation sites (tertiary alicyclic amines) is 1. The van der Waals surface area contributed by atoms with Crippen LogP contribution in [-0.2, 0) is 4.79 Å². The minimum atomic E-state index is -0.811. The van der Waals surface area contributed by atoms with E-state index in [0.29, 0.717) is 31.7 Å². The van der Waals surface area contributed by atoms with Crippen molar-refractivity contribution in [3.05, 3.63) is 29.8 Å². The van der Waals surface area contributed by atoms with E-state index in [1.165, 1.54) is 0 Å². The van der Waals surface area contributed by atoms with Crippen molar-refractivity contribution in [1.82, 2.24) is 4.90 Å². The van der Waals surface area contributed by atoms with Gasteiger partial charge < -0.3 is 20.5 Å². The van der Waals surface area contributed by atoms with Crippen LogP contribution < -0.4 is 10.5 Å². The minimum absolute atomic E-state index is 0.0319. The number of hydrogen-bond acceptors (Lipinski definition) is 4. The number of hydrogen-bond donors (Lipinski definition) is 2. The first kappa shape index (κ1) is 14.8. The van der Waals surface area contributed by atoms with E-state index in [2.05, 4.69) is 0 Å². The molecule has 0 aromatic heterocycles. The van der Waals surface area contributed by atoms with Gasteiger partial charge in [0.1, 0.15) is 5.75 Å². The molecular formula is C15H22N2O3. The maximum absolute atomic E-state index is 12.0. The lowest BCUT2D eigenvalue weighted by atomic mass is 9.92. The lowest BCUT2D eigenvalue weighted by molar-refractivity contribution is -0.137. The number of nitrogens with two attached hydrogens (primary N) is 1. The number of carbonyl (C=O) groups excluding carboxylic acids is 1. The summed E-state index contributed by atoms with van der Waals surface area (Å²) >= 11 is 0. The van der Waals surface area contributed by atoms with Gasteiger partial charge in [-0.25, -0.2) is 0 Å². The predicted molar refractivity (Wildman–Crippen MR) is 76.5 cm³/mol. The molecule has 1 aromatic carbocycles. The van der Waals surface area contributed by atoms with E-state index in [9.17, 15) is 9.90 Å². The SMILES string of the molecule is Cc1ccc(OCC(=O)N2CCC(O)(CN)CC2)cc1. The van der Waals surface area contributed by atoms with Crippen LogP contribution in [0.4, 0.5) is 0 Å². The number of aryl methyl sites for hydroxylation is 1. The summed E-state index contributed by atoms with van der Waals surface area (Å²) < 4.78 is 5.48. The van der Waals surface area contributed by atoms with Crippen molar-refractivity contribution in [2.45, 2.75) is 25.4 Å². The number of carbonyl (C=O) groups is 1. The molecule has 3 N–H and O–H groups in total. The molecule has 1 aromatic rings. The summed E-state index contributed by atoms with van der Waals surface area (Å²) in [5.41, 5.74) is 5.87. The van der Waals surface area contributed by atoms with E-state index >= 15 is 0 Å². The third-order valence-electron chi connectivity index (χ3n) is 3.81. The number of nitrogens with zero attached hydrogens (tertiary/aromatic N) is 1. The molecule has 2 rings (SSSR count). The number of benzene rings is 1. The van der Waals surface area contributed by atoms with E-state index < -0.39 is 5.60 Å². The Balaban J connectivity index is 1.80. The van der Waals surface area contributed by atoms with Crippen LogP contribution in [0.15, 0.2) is 24.3 Å². The van der Waals surface area contributed by atoms with Gasteiger partial charge in [0, 0.05) is 19.6 Å². The summed E-state index contributed by atoms with van der Waals surface area (Å²) in [4.78, 5) is 13.7. The Morgan fingerprint density at radius 3 is 2.50 bits per heavy atom. The average Bonchev–Trinajstić information content (AvgIpc) is 2.47. The second kappa shape index (κ2) is 6.24. The first-order chi connectivity index (χ1) is 9.52. The molecule has 5 nitrogen and oxygen atoms in total. The van der Waals surface area contributed by atoms with Gasteiger partial charge in [-0.15, -0.1) is 0 Å². The Hall–Kier alpha value is -1.59. The van der Waals surface area contributed by atoms with Crippen LogP contribution >= 0.6 is 0 Å². The van der Waals surface area contributed by atoms with Crippen LogP contribution in [0, 0.1) is 6.92 Å². The standard InChI is InChI=1S/C15H22N2O3/c1-12-2-4-13(5-3-12)20-10-14(18)17-8-6-15(19,11-16)7-9-17/h2-5,19H,6-11,16H2,1H3. The van der Waals surface area contributed by atoms with Gasteiger partial charge in [-0.2, -0.15) is 0 Å². The maximum atomic E-state index is 12.0. The molecular weight excluding hydrogens is 256 g/mol. The van der Waals surface area contributed by atoms with E-state index in [-0.39, 0.29) is 19.1 Å². The predicted octanol–water partition coefficient (Wildman–Crippen LogP) is 0.686. The third-order valence-corrected chi connectivity index (χ3v) is 3.81. The van der Waals surface area contributed by atoms with E-state index in [1.54, 1.807) is 4.90 Å². The second-order valence-corrected chi connectivity index (χ2v) is 5.41. The molecule has 5 heteroatoms. The summed E-state index contributed by atoms with van der Waals surface area (Å²) in [6.07, 6.45) is 1.06. The molecule has 1 fully saturated rings. The fourth-order valence-electron chi connectivity index (χ4n) is 2.25. The molecule has 0 aliphatic carbocycles. The molecule has 1 saturated heterocycles. The van der Waals surface area contributed by atoms with E-state index in [4.69, 9.17) is 10.5 Å². The number of piperidine rings is 1. The van der Waals surface area contributed by atoms with Crippen LogP contribution in [0.1, 0.15) is 18.4 Å². The van der Waals surface area contributed by atoms with Crippen LogP contribution in [-0.4, -0.2) is 47.8 Å². The Morgan fingerprint density at radius 1 is 1.35 bits per heavy atom. The van der Waals surface area contributed by atoms with Crippen molar-refractivity contribution < 1.29 is 14.6 Å². The van der Waals surface area contributed by atoms with Gasteiger partial charge in [-0.3, -0.25) is 4.79 Å². The summed E-state index contributed by atoms with van der Waals surface area (Å²) in [7, 11) is 0. The highest BCUT2D eigenvalue weighted by atomic mass is 16.5. The molecule has 1 amide bonds. The average molecular weight is 278 g/mol. The Kier molecular flexibility index (Phi) is 4.62. The second-order valence-electron chi connectivity index (χ2n) is 5.41. The molecule has 0 unspecified atom stereocenters.